The van der Waals surface area contributed by atoms with E-state index in [2.05, 4.69) is 6.07 Å². The van der Waals surface area contributed by atoms with Crippen LogP contribution in [0.25, 0.3) is 0 Å². The number of para-hydroxylation sites is 1. The molecule has 2 atom stereocenters. The lowest BCUT2D eigenvalue weighted by Gasteiger charge is -2.21. The van der Waals surface area contributed by atoms with Crippen molar-refractivity contribution in [2.75, 3.05) is 13.7 Å². The maximum atomic E-state index is 6.44. The van der Waals surface area contributed by atoms with E-state index in [0.29, 0.717) is 11.6 Å². The van der Waals surface area contributed by atoms with E-state index in [1.807, 2.05) is 30.3 Å². The Labute approximate surface area is 123 Å². The van der Waals surface area contributed by atoms with Crippen LogP contribution in [0, 0.1) is 0 Å². The lowest BCUT2D eigenvalue weighted by molar-refractivity contribution is 0.312. The van der Waals surface area contributed by atoms with Crippen LogP contribution >= 0.6 is 11.6 Å². The topological polar surface area (TPSA) is 44.5 Å². The van der Waals surface area contributed by atoms with Gasteiger partial charge in [-0.1, -0.05) is 29.8 Å². The normalized spacial score (nSPS) is 18.2. The minimum atomic E-state index is -0.215. The zero-order chi connectivity index (χ0) is 14.1. The first-order valence-electron chi connectivity index (χ1n) is 6.51. The summed E-state index contributed by atoms with van der Waals surface area (Å²) in [4.78, 5) is 0. The number of hydrogen-bond donors (Lipinski definition) is 1. The number of methoxy groups -OCH3 is 1. The van der Waals surface area contributed by atoms with Gasteiger partial charge in [-0.2, -0.15) is 0 Å². The summed E-state index contributed by atoms with van der Waals surface area (Å²) in [6.07, 6.45) is 0. The highest BCUT2D eigenvalue weighted by molar-refractivity contribution is 6.30. The van der Waals surface area contributed by atoms with Crippen LogP contribution < -0.4 is 15.2 Å². The molecule has 0 radical (unpaired) electrons. The molecule has 0 spiro atoms. The average Bonchev–Trinajstić information content (AvgIpc) is 2.90. The summed E-state index contributed by atoms with van der Waals surface area (Å²) in [5.41, 5.74) is 8.49. The molecular weight excluding hydrogens is 274 g/mol. The SMILES string of the molecule is COc1ccc(Cl)cc1C(N)C1COc2ccccc21. The van der Waals surface area contributed by atoms with Gasteiger partial charge in [-0.05, 0) is 24.3 Å². The molecule has 0 fully saturated rings. The summed E-state index contributed by atoms with van der Waals surface area (Å²) in [5.74, 6) is 1.78. The van der Waals surface area contributed by atoms with Gasteiger partial charge in [-0.15, -0.1) is 0 Å². The second-order valence-corrected chi connectivity index (χ2v) is 5.30. The van der Waals surface area contributed by atoms with E-state index in [9.17, 15) is 0 Å². The Hall–Kier alpha value is -1.71. The minimum Gasteiger partial charge on any atom is -0.496 e. The molecule has 20 heavy (non-hydrogen) atoms. The molecule has 2 aromatic rings. The summed E-state index contributed by atoms with van der Waals surface area (Å²) in [6.45, 7) is 0.580. The van der Waals surface area contributed by atoms with E-state index >= 15 is 0 Å². The molecule has 104 valence electrons. The average molecular weight is 290 g/mol. The van der Waals surface area contributed by atoms with E-state index in [1.165, 1.54) is 0 Å². The lowest BCUT2D eigenvalue weighted by atomic mass is 9.89. The van der Waals surface area contributed by atoms with Crippen molar-refractivity contribution in [3.8, 4) is 11.5 Å². The van der Waals surface area contributed by atoms with Crippen molar-refractivity contribution >= 4 is 11.6 Å². The van der Waals surface area contributed by atoms with Crippen molar-refractivity contribution in [1.82, 2.24) is 0 Å². The van der Waals surface area contributed by atoms with E-state index < -0.39 is 0 Å². The minimum absolute atomic E-state index is 0.110. The maximum Gasteiger partial charge on any atom is 0.123 e. The van der Waals surface area contributed by atoms with Crippen molar-refractivity contribution < 1.29 is 9.47 Å². The fourth-order valence-electron chi connectivity index (χ4n) is 2.67. The van der Waals surface area contributed by atoms with E-state index in [0.717, 1.165) is 22.6 Å². The third-order valence-electron chi connectivity index (χ3n) is 3.72. The molecule has 3 nitrogen and oxygen atoms in total. The van der Waals surface area contributed by atoms with E-state index in [1.54, 1.807) is 13.2 Å². The Morgan fingerprint density at radius 1 is 1.30 bits per heavy atom. The Kier molecular flexibility index (Phi) is 3.55. The third-order valence-corrected chi connectivity index (χ3v) is 3.96. The second-order valence-electron chi connectivity index (χ2n) is 4.87. The van der Waals surface area contributed by atoms with Crippen LogP contribution in [-0.2, 0) is 0 Å². The number of ether oxygens (including phenoxy) is 2. The van der Waals surface area contributed by atoms with Gasteiger partial charge in [0, 0.05) is 28.1 Å². The molecule has 4 heteroatoms. The van der Waals surface area contributed by atoms with Gasteiger partial charge in [0.2, 0.25) is 0 Å². The highest BCUT2D eigenvalue weighted by atomic mass is 35.5. The van der Waals surface area contributed by atoms with Gasteiger partial charge in [-0.3, -0.25) is 0 Å². The number of fused-ring (bicyclic) bond motifs is 1. The fourth-order valence-corrected chi connectivity index (χ4v) is 2.85. The number of nitrogens with two attached hydrogens (primary N) is 1. The summed E-state index contributed by atoms with van der Waals surface area (Å²) in [5, 5.41) is 0.656. The molecule has 1 aliphatic heterocycles. The van der Waals surface area contributed by atoms with Crippen molar-refractivity contribution in [2.24, 2.45) is 5.73 Å². The monoisotopic (exact) mass is 289 g/mol. The van der Waals surface area contributed by atoms with Crippen molar-refractivity contribution in [2.45, 2.75) is 12.0 Å². The standard InChI is InChI=1S/C16H16ClNO2/c1-19-14-7-6-10(17)8-12(14)16(18)13-9-20-15-5-3-2-4-11(13)15/h2-8,13,16H,9,18H2,1H3. The molecule has 0 saturated carbocycles. The molecule has 1 aliphatic rings. The van der Waals surface area contributed by atoms with Crippen molar-refractivity contribution in [3.63, 3.8) is 0 Å². The summed E-state index contributed by atoms with van der Waals surface area (Å²) < 4.78 is 11.1. The largest absolute Gasteiger partial charge is 0.496 e. The van der Waals surface area contributed by atoms with Gasteiger partial charge in [0.25, 0.3) is 0 Å². The van der Waals surface area contributed by atoms with Gasteiger partial charge in [0.15, 0.2) is 0 Å². The predicted octanol–water partition coefficient (Wildman–Crippen LogP) is 3.52. The molecule has 2 aromatic carbocycles. The van der Waals surface area contributed by atoms with Crippen LogP contribution in [-0.4, -0.2) is 13.7 Å². The van der Waals surface area contributed by atoms with Gasteiger partial charge in [0.1, 0.15) is 11.5 Å². The maximum absolute atomic E-state index is 6.44. The van der Waals surface area contributed by atoms with Crippen LogP contribution in [0.4, 0.5) is 0 Å². The van der Waals surface area contributed by atoms with Crippen molar-refractivity contribution in [3.05, 3.63) is 58.6 Å². The molecule has 0 bridgehead atoms. The molecule has 0 aliphatic carbocycles. The fraction of sp³-hybridized carbons (Fsp3) is 0.250. The molecule has 0 saturated heterocycles. The smallest absolute Gasteiger partial charge is 0.123 e. The Bertz CT molecular complexity index is 630. The number of halogens is 1. The van der Waals surface area contributed by atoms with E-state index in [-0.39, 0.29) is 12.0 Å². The highest BCUT2D eigenvalue weighted by Gasteiger charge is 2.31. The van der Waals surface area contributed by atoms with Crippen LogP contribution in [0.3, 0.4) is 0 Å². The number of rotatable bonds is 3. The Morgan fingerprint density at radius 2 is 2.10 bits per heavy atom. The molecular formula is C16H16ClNO2. The zero-order valence-electron chi connectivity index (χ0n) is 11.2. The molecule has 1 heterocycles. The van der Waals surface area contributed by atoms with Gasteiger partial charge >= 0.3 is 0 Å². The van der Waals surface area contributed by atoms with Crippen LogP contribution in [0.15, 0.2) is 42.5 Å². The first kappa shape index (κ1) is 13.3. The first-order chi connectivity index (χ1) is 9.70. The summed E-state index contributed by atoms with van der Waals surface area (Å²) in [7, 11) is 1.64. The second kappa shape index (κ2) is 5.35. The molecule has 0 amide bonds. The van der Waals surface area contributed by atoms with Gasteiger partial charge in [0.05, 0.1) is 13.7 Å². The summed E-state index contributed by atoms with van der Waals surface area (Å²) >= 11 is 6.08. The Morgan fingerprint density at radius 3 is 2.90 bits per heavy atom. The number of benzene rings is 2. The van der Waals surface area contributed by atoms with Crippen LogP contribution in [0.1, 0.15) is 23.1 Å². The van der Waals surface area contributed by atoms with Gasteiger partial charge in [-0.25, -0.2) is 0 Å². The van der Waals surface area contributed by atoms with E-state index in [4.69, 9.17) is 26.8 Å². The van der Waals surface area contributed by atoms with Crippen molar-refractivity contribution in [1.29, 1.82) is 0 Å². The zero-order valence-corrected chi connectivity index (χ0v) is 11.9. The van der Waals surface area contributed by atoms with Gasteiger partial charge < -0.3 is 15.2 Å². The molecule has 3 rings (SSSR count). The first-order valence-corrected chi connectivity index (χ1v) is 6.89. The molecule has 2 unspecified atom stereocenters. The molecule has 2 N–H and O–H groups in total. The quantitative estimate of drug-likeness (QED) is 0.940. The summed E-state index contributed by atoms with van der Waals surface area (Å²) in [6, 6.07) is 13.3. The highest BCUT2D eigenvalue weighted by Crippen LogP contribution is 2.42. The lowest BCUT2D eigenvalue weighted by Crippen LogP contribution is -2.21. The van der Waals surface area contributed by atoms with Crippen LogP contribution in [0.2, 0.25) is 5.02 Å². The molecule has 0 aromatic heterocycles. The van der Waals surface area contributed by atoms with Crippen LogP contribution in [0.5, 0.6) is 11.5 Å². The predicted molar refractivity (Wildman–Crippen MR) is 79.6 cm³/mol. The number of hydrogen-bond acceptors (Lipinski definition) is 3. The Balaban J connectivity index is 1.98. The third kappa shape index (κ3) is 2.23.